The van der Waals surface area contributed by atoms with Crippen LogP contribution in [0.3, 0.4) is 0 Å². The summed E-state index contributed by atoms with van der Waals surface area (Å²) in [6.07, 6.45) is 3.77. The van der Waals surface area contributed by atoms with Crippen LogP contribution >= 0.6 is 0 Å². The molecule has 148 valence electrons. The Morgan fingerprint density at radius 2 is 1.90 bits per heavy atom. The van der Waals surface area contributed by atoms with E-state index < -0.39 is 0 Å². The molecule has 3 aromatic rings. The number of hydrogen-bond acceptors (Lipinski definition) is 7. The van der Waals surface area contributed by atoms with Crippen molar-refractivity contribution in [3.05, 3.63) is 60.3 Å². The Bertz CT molecular complexity index is 1020. The Morgan fingerprint density at radius 3 is 2.69 bits per heavy atom. The molecule has 0 atom stereocenters. The molecule has 0 radical (unpaired) electrons. The average molecular weight is 387 g/mol. The van der Waals surface area contributed by atoms with E-state index in [1.807, 2.05) is 48.5 Å². The van der Waals surface area contributed by atoms with Gasteiger partial charge in [0, 0.05) is 48.7 Å². The van der Waals surface area contributed by atoms with Crippen molar-refractivity contribution in [2.75, 3.05) is 36.4 Å². The molecule has 0 amide bonds. The van der Waals surface area contributed by atoms with Gasteiger partial charge in [0.15, 0.2) is 0 Å². The van der Waals surface area contributed by atoms with Crippen molar-refractivity contribution in [1.82, 2.24) is 15.3 Å². The molecule has 29 heavy (non-hydrogen) atoms. The molecule has 0 bridgehead atoms. The van der Waals surface area contributed by atoms with Gasteiger partial charge in [0.2, 0.25) is 5.95 Å². The smallest absolute Gasteiger partial charge is 0.227 e. The molecule has 2 aromatic carbocycles. The molecule has 0 spiro atoms. The number of para-hydroxylation sites is 1. The van der Waals surface area contributed by atoms with E-state index in [0.29, 0.717) is 5.57 Å². The lowest BCUT2D eigenvalue weighted by molar-refractivity contribution is 0.724. The number of rotatable bonds is 5. The lowest BCUT2D eigenvalue weighted by Gasteiger charge is -2.21. The molecule has 1 aliphatic rings. The minimum Gasteiger partial charge on any atom is -0.404 e. The molecule has 5 N–H and O–H groups in total. The maximum atomic E-state index is 7.44. The van der Waals surface area contributed by atoms with Crippen LogP contribution in [0, 0.1) is 5.41 Å². The first-order valence-electron chi connectivity index (χ1n) is 9.81. The zero-order valence-corrected chi connectivity index (χ0v) is 16.2. The molecule has 1 aliphatic heterocycles. The van der Waals surface area contributed by atoms with Crippen molar-refractivity contribution in [2.45, 2.75) is 6.42 Å². The van der Waals surface area contributed by atoms with E-state index in [-0.39, 0.29) is 0 Å². The fourth-order valence-electron chi connectivity index (χ4n) is 3.46. The van der Waals surface area contributed by atoms with E-state index in [9.17, 15) is 0 Å². The fourth-order valence-corrected chi connectivity index (χ4v) is 3.46. The molecule has 7 heteroatoms. The summed E-state index contributed by atoms with van der Waals surface area (Å²) >= 11 is 0. The first-order chi connectivity index (χ1) is 14.3. The monoisotopic (exact) mass is 387 g/mol. The molecule has 1 fully saturated rings. The van der Waals surface area contributed by atoms with Gasteiger partial charge in [-0.3, -0.25) is 0 Å². The molecule has 0 aliphatic carbocycles. The quantitative estimate of drug-likeness (QED) is 0.502. The Morgan fingerprint density at radius 1 is 1.07 bits per heavy atom. The van der Waals surface area contributed by atoms with E-state index in [0.717, 1.165) is 66.5 Å². The summed E-state index contributed by atoms with van der Waals surface area (Å²) in [6, 6.07) is 15.9. The van der Waals surface area contributed by atoms with Gasteiger partial charge < -0.3 is 26.7 Å². The second-order valence-electron chi connectivity index (χ2n) is 6.95. The summed E-state index contributed by atoms with van der Waals surface area (Å²) < 4.78 is 0. The summed E-state index contributed by atoms with van der Waals surface area (Å²) in [6.45, 7) is 3.79. The van der Waals surface area contributed by atoms with Crippen LogP contribution in [-0.4, -0.2) is 42.4 Å². The van der Waals surface area contributed by atoms with Gasteiger partial charge in [-0.2, -0.15) is 4.98 Å². The van der Waals surface area contributed by atoms with Gasteiger partial charge in [0.1, 0.15) is 5.82 Å². The van der Waals surface area contributed by atoms with E-state index in [1.165, 1.54) is 12.4 Å². The highest BCUT2D eigenvalue weighted by molar-refractivity contribution is 6.08. The largest absolute Gasteiger partial charge is 0.404 e. The van der Waals surface area contributed by atoms with Crippen LogP contribution in [0.5, 0.6) is 0 Å². The van der Waals surface area contributed by atoms with Gasteiger partial charge in [-0.25, -0.2) is 4.98 Å². The number of nitrogens with zero attached hydrogens (tertiary/aromatic N) is 3. The highest BCUT2D eigenvalue weighted by atomic mass is 15.3. The Balaban J connectivity index is 1.68. The molecule has 1 aromatic heterocycles. The summed E-state index contributed by atoms with van der Waals surface area (Å²) in [4.78, 5) is 11.9. The number of anilines is 3. The molecule has 0 saturated carbocycles. The highest BCUT2D eigenvalue weighted by Gasteiger charge is 2.15. The molecule has 7 nitrogen and oxygen atoms in total. The molecule has 4 rings (SSSR count). The predicted octanol–water partition coefficient (Wildman–Crippen LogP) is 3.12. The Kier molecular flexibility index (Phi) is 5.67. The van der Waals surface area contributed by atoms with Crippen molar-refractivity contribution < 1.29 is 0 Å². The van der Waals surface area contributed by atoms with Gasteiger partial charge in [-0.1, -0.05) is 24.3 Å². The molecule has 0 unspecified atom stereocenters. The minimum absolute atomic E-state index is 0.682. The third-order valence-corrected chi connectivity index (χ3v) is 5.03. The minimum atomic E-state index is 0.682. The maximum absolute atomic E-state index is 7.44. The lowest BCUT2D eigenvalue weighted by atomic mass is 10.1. The predicted molar refractivity (Wildman–Crippen MR) is 120 cm³/mol. The average Bonchev–Trinajstić information content (AvgIpc) is 3.05. The number of benzene rings is 2. The number of allylic oxidation sites excluding steroid dienone is 1. The van der Waals surface area contributed by atoms with E-state index in [4.69, 9.17) is 21.1 Å². The molecular formula is C22H25N7. The van der Waals surface area contributed by atoms with Crippen molar-refractivity contribution in [2.24, 2.45) is 5.73 Å². The highest BCUT2D eigenvalue weighted by Crippen LogP contribution is 2.27. The third kappa shape index (κ3) is 4.20. The zero-order chi connectivity index (χ0) is 20.1. The summed E-state index contributed by atoms with van der Waals surface area (Å²) in [5.74, 6) is 1.54. The van der Waals surface area contributed by atoms with E-state index >= 15 is 0 Å². The van der Waals surface area contributed by atoms with Crippen LogP contribution in [-0.2, 0) is 0 Å². The van der Waals surface area contributed by atoms with Gasteiger partial charge >= 0.3 is 0 Å². The molecular weight excluding hydrogens is 362 g/mol. The second-order valence-corrected chi connectivity index (χ2v) is 6.95. The zero-order valence-electron chi connectivity index (χ0n) is 16.2. The van der Waals surface area contributed by atoms with E-state index in [1.54, 1.807) is 0 Å². The number of hydrogen-bond donors (Lipinski definition) is 4. The van der Waals surface area contributed by atoms with Crippen molar-refractivity contribution in [1.29, 1.82) is 5.41 Å². The van der Waals surface area contributed by atoms with Crippen LogP contribution in [0.2, 0.25) is 0 Å². The van der Waals surface area contributed by atoms with Crippen molar-refractivity contribution in [3.63, 3.8) is 0 Å². The Hall–Kier alpha value is -3.45. The SMILES string of the molecule is N=CC(=CN)c1ccc(Nc2nc(N3CCCNCC3)nc3ccccc23)cc1. The summed E-state index contributed by atoms with van der Waals surface area (Å²) in [5, 5.41) is 15.3. The fraction of sp³-hybridized carbons (Fsp3) is 0.227. The number of nitrogens with one attached hydrogen (secondary N) is 3. The van der Waals surface area contributed by atoms with Crippen LogP contribution in [0.25, 0.3) is 16.5 Å². The topological polar surface area (TPSA) is 103 Å². The first-order valence-corrected chi connectivity index (χ1v) is 9.81. The summed E-state index contributed by atoms with van der Waals surface area (Å²) in [7, 11) is 0. The third-order valence-electron chi connectivity index (χ3n) is 5.03. The van der Waals surface area contributed by atoms with E-state index in [2.05, 4.69) is 15.5 Å². The lowest BCUT2D eigenvalue weighted by Crippen LogP contribution is -2.29. The van der Waals surface area contributed by atoms with Gasteiger partial charge in [-0.05, 0) is 42.8 Å². The van der Waals surface area contributed by atoms with Gasteiger partial charge in [-0.15, -0.1) is 0 Å². The molecule has 2 heterocycles. The van der Waals surface area contributed by atoms with Crippen LogP contribution < -0.4 is 21.3 Å². The van der Waals surface area contributed by atoms with Crippen LogP contribution in [0.4, 0.5) is 17.5 Å². The van der Waals surface area contributed by atoms with Crippen LogP contribution in [0.1, 0.15) is 12.0 Å². The van der Waals surface area contributed by atoms with Crippen molar-refractivity contribution >= 4 is 40.1 Å². The van der Waals surface area contributed by atoms with Crippen LogP contribution in [0.15, 0.2) is 54.7 Å². The second kappa shape index (κ2) is 8.70. The number of nitrogens with two attached hydrogens (primary N) is 1. The van der Waals surface area contributed by atoms with Gasteiger partial charge in [0.25, 0.3) is 0 Å². The number of aromatic nitrogens is 2. The van der Waals surface area contributed by atoms with Crippen molar-refractivity contribution in [3.8, 4) is 0 Å². The standard InChI is InChI=1S/C22H25N7/c23-14-17(15-24)16-6-8-18(9-7-16)26-21-19-4-1-2-5-20(19)27-22(28-21)29-12-3-10-25-11-13-29/h1-2,4-9,14-15,23,25H,3,10-13,24H2,(H,26,27,28). The first kappa shape index (κ1) is 18.9. The Labute approximate surface area is 170 Å². The maximum Gasteiger partial charge on any atom is 0.227 e. The number of fused-ring (bicyclic) bond motifs is 1. The molecule has 1 saturated heterocycles. The van der Waals surface area contributed by atoms with Gasteiger partial charge in [0.05, 0.1) is 5.52 Å². The summed E-state index contributed by atoms with van der Waals surface area (Å²) in [5.41, 5.74) is 9.01. The normalized spacial score (nSPS) is 15.2.